The van der Waals surface area contributed by atoms with Gasteiger partial charge in [-0.25, -0.2) is 9.59 Å². The van der Waals surface area contributed by atoms with Gasteiger partial charge in [0.1, 0.15) is 11.5 Å². The molecule has 0 bridgehead atoms. The summed E-state index contributed by atoms with van der Waals surface area (Å²) in [6, 6.07) is 23.5. The average molecular weight is 735 g/mol. The van der Waals surface area contributed by atoms with Crippen molar-refractivity contribution in [1.29, 1.82) is 0 Å². The molecule has 0 aliphatic rings. The summed E-state index contributed by atoms with van der Waals surface area (Å²) in [5.74, 6) is -3.85. The maximum atomic E-state index is 11.8. The van der Waals surface area contributed by atoms with Gasteiger partial charge in [-0.15, -0.1) is 0 Å². The lowest BCUT2D eigenvalue weighted by molar-refractivity contribution is -0.137. The normalized spacial score (nSPS) is 11.2. The maximum absolute atomic E-state index is 11.8. The number of phenolic OH excluding ortho intramolecular Hbond substituents is 2. The van der Waals surface area contributed by atoms with E-state index in [0.717, 1.165) is 17.0 Å². The van der Waals surface area contributed by atoms with Gasteiger partial charge in [-0.3, -0.25) is 9.59 Å². The number of carboxylic acids is 4. The highest BCUT2D eigenvalue weighted by atomic mass is 16.4. The standard InChI is InChI=1S/2C21H21NO5/c1-12(2)20-15(10-18(24)25)19-14(21(26)27)7-5-8-16(19)22(20)11-13-6-3-4-9-17(13)23;1-12(2)19-17(10-18(24)25)15-4-3-5-16(21(26)27)20(15)22(19)11-13-6-8-14(23)9-7-13/h2*3-9,12,23H,10-11H2,1-2H3,(H,24,25)(H,26,27). The summed E-state index contributed by atoms with van der Waals surface area (Å²) in [7, 11) is 0. The molecule has 0 saturated carbocycles. The van der Waals surface area contributed by atoms with Crippen LogP contribution in [0.25, 0.3) is 21.8 Å². The van der Waals surface area contributed by atoms with Crippen LogP contribution in [0.5, 0.6) is 11.5 Å². The molecule has 0 radical (unpaired) electrons. The monoisotopic (exact) mass is 734 g/mol. The van der Waals surface area contributed by atoms with E-state index >= 15 is 0 Å². The Morgan fingerprint density at radius 2 is 1.15 bits per heavy atom. The van der Waals surface area contributed by atoms with Crippen LogP contribution in [-0.2, 0) is 35.5 Å². The van der Waals surface area contributed by atoms with Crippen molar-refractivity contribution in [1.82, 2.24) is 9.13 Å². The summed E-state index contributed by atoms with van der Waals surface area (Å²) in [6.07, 6.45) is -0.433. The van der Waals surface area contributed by atoms with Gasteiger partial charge in [0.25, 0.3) is 0 Å². The van der Waals surface area contributed by atoms with E-state index in [1.807, 2.05) is 42.9 Å². The number of hydrogen-bond donors (Lipinski definition) is 6. The van der Waals surface area contributed by atoms with Gasteiger partial charge in [-0.05, 0) is 64.9 Å². The number of aliphatic carboxylic acids is 2. The van der Waals surface area contributed by atoms with Gasteiger partial charge in [0.15, 0.2) is 0 Å². The van der Waals surface area contributed by atoms with Crippen LogP contribution in [0, 0.1) is 0 Å². The summed E-state index contributed by atoms with van der Waals surface area (Å²) in [5.41, 5.74) is 5.71. The van der Waals surface area contributed by atoms with Gasteiger partial charge in [-0.1, -0.05) is 76.2 Å². The fraction of sp³-hybridized carbons (Fsp3) is 0.238. The molecular weight excluding hydrogens is 692 g/mol. The number of carbonyl (C=O) groups is 4. The Morgan fingerprint density at radius 3 is 1.72 bits per heavy atom. The van der Waals surface area contributed by atoms with Gasteiger partial charge < -0.3 is 39.8 Å². The Morgan fingerprint density at radius 1 is 0.593 bits per heavy atom. The fourth-order valence-corrected chi connectivity index (χ4v) is 7.27. The van der Waals surface area contributed by atoms with E-state index in [4.69, 9.17) is 0 Å². The largest absolute Gasteiger partial charge is 0.508 e. The summed E-state index contributed by atoms with van der Waals surface area (Å²) in [6.45, 7) is 8.52. The summed E-state index contributed by atoms with van der Waals surface area (Å²) >= 11 is 0. The molecule has 12 nitrogen and oxygen atoms in total. The van der Waals surface area contributed by atoms with Crippen molar-refractivity contribution in [3.8, 4) is 11.5 Å². The van der Waals surface area contributed by atoms with Gasteiger partial charge in [-0.2, -0.15) is 0 Å². The zero-order valence-electron chi connectivity index (χ0n) is 30.3. The Bertz CT molecular complexity index is 2380. The SMILES string of the molecule is CC(C)c1c(CC(=O)O)c2c(C(=O)O)cccc2n1Cc1ccccc1O.CC(C)c1c(CC(=O)O)c2cccc(C(=O)O)c2n1Cc1ccc(O)cc1. The smallest absolute Gasteiger partial charge is 0.337 e. The number of para-hydroxylation sites is 2. The molecule has 12 heteroatoms. The molecule has 0 aliphatic carbocycles. The molecular formula is C42H42N2O10. The Labute approximate surface area is 310 Å². The predicted molar refractivity (Wildman–Crippen MR) is 203 cm³/mol. The van der Waals surface area contributed by atoms with Crippen molar-refractivity contribution in [3.63, 3.8) is 0 Å². The van der Waals surface area contributed by atoms with Gasteiger partial charge >= 0.3 is 23.9 Å². The van der Waals surface area contributed by atoms with Gasteiger partial charge in [0.05, 0.1) is 36.0 Å². The van der Waals surface area contributed by atoms with Crippen LogP contribution >= 0.6 is 0 Å². The zero-order valence-corrected chi connectivity index (χ0v) is 30.3. The van der Waals surface area contributed by atoms with Gasteiger partial charge in [0.2, 0.25) is 0 Å². The highest BCUT2D eigenvalue weighted by Crippen LogP contribution is 2.37. The molecule has 0 spiro atoms. The number of rotatable bonds is 12. The molecule has 2 aromatic heterocycles. The van der Waals surface area contributed by atoms with Crippen molar-refractivity contribution in [2.45, 2.75) is 65.5 Å². The second-order valence-electron chi connectivity index (χ2n) is 13.7. The molecule has 54 heavy (non-hydrogen) atoms. The molecule has 0 amide bonds. The third kappa shape index (κ3) is 7.92. The molecule has 0 saturated heterocycles. The molecule has 0 atom stereocenters. The van der Waals surface area contributed by atoms with Gasteiger partial charge in [0, 0.05) is 39.8 Å². The lowest BCUT2D eigenvalue weighted by Crippen LogP contribution is -2.11. The number of phenols is 2. The lowest BCUT2D eigenvalue weighted by Gasteiger charge is -2.16. The van der Waals surface area contributed by atoms with Crippen LogP contribution in [0.4, 0.5) is 0 Å². The van der Waals surface area contributed by atoms with E-state index in [9.17, 15) is 49.8 Å². The van der Waals surface area contributed by atoms with Crippen LogP contribution < -0.4 is 0 Å². The number of aromatic nitrogens is 2. The van der Waals surface area contributed by atoms with Crippen LogP contribution in [0.2, 0.25) is 0 Å². The number of hydrogen-bond acceptors (Lipinski definition) is 6. The number of aromatic carboxylic acids is 2. The molecule has 6 rings (SSSR count). The average Bonchev–Trinajstić information content (AvgIpc) is 3.58. The summed E-state index contributed by atoms with van der Waals surface area (Å²) in [4.78, 5) is 46.5. The number of nitrogens with zero attached hydrogens (tertiary/aromatic N) is 2. The number of fused-ring (bicyclic) bond motifs is 2. The summed E-state index contributed by atoms with van der Waals surface area (Å²) < 4.78 is 3.81. The Kier molecular flexibility index (Phi) is 11.4. The Balaban J connectivity index is 0.000000208. The second-order valence-corrected chi connectivity index (χ2v) is 13.7. The molecule has 0 aliphatic heterocycles. The lowest BCUT2D eigenvalue weighted by atomic mass is 9.98. The first kappa shape index (κ1) is 38.7. The first-order chi connectivity index (χ1) is 25.6. The minimum absolute atomic E-state index is 0.00510. The molecule has 0 unspecified atom stereocenters. The van der Waals surface area contributed by atoms with Crippen molar-refractivity contribution in [2.24, 2.45) is 0 Å². The maximum Gasteiger partial charge on any atom is 0.337 e. The molecule has 4 aromatic carbocycles. The molecule has 6 aromatic rings. The molecule has 2 heterocycles. The minimum Gasteiger partial charge on any atom is -0.508 e. The van der Waals surface area contributed by atoms with Crippen LogP contribution in [0.3, 0.4) is 0 Å². The van der Waals surface area contributed by atoms with E-state index in [2.05, 4.69) is 0 Å². The first-order valence-corrected chi connectivity index (χ1v) is 17.3. The van der Waals surface area contributed by atoms with E-state index in [0.29, 0.717) is 51.6 Å². The van der Waals surface area contributed by atoms with E-state index in [-0.39, 0.29) is 47.3 Å². The van der Waals surface area contributed by atoms with Crippen molar-refractivity contribution >= 4 is 45.7 Å². The number of benzene rings is 4. The van der Waals surface area contributed by atoms with Crippen LogP contribution in [0.15, 0.2) is 84.9 Å². The van der Waals surface area contributed by atoms with Crippen LogP contribution in [-0.4, -0.2) is 63.7 Å². The van der Waals surface area contributed by atoms with Crippen molar-refractivity contribution in [3.05, 3.63) is 130 Å². The fourth-order valence-electron chi connectivity index (χ4n) is 7.27. The number of carboxylic acid groups (broad SMARTS) is 4. The minimum atomic E-state index is -1.10. The first-order valence-electron chi connectivity index (χ1n) is 17.3. The molecule has 0 fully saturated rings. The zero-order chi connectivity index (χ0) is 39.4. The highest BCUT2D eigenvalue weighted by Gasteiger charge is 2.27. The topological polar surface area (TPSA) is 200 Å². The van der Waals surface area contributed by atoms with E-state index < -0.39 is 23.9 Å². The highest BCUT2D eigenvalue weighted by molar-refractivity contribution is 6.06. The van der Waals surface area contributed by atoms with E-state index in [1.165, 1.54) is 12.1 Å². The van der Waals surface area contributed by atoms with Crippen molar-refractivity contribution in [2.75, 3.05) is 0 Å². The summed E-state index contributed by atoms with van der Waals surface area (Å²) in [5, 5.41) is 58.9. The quantitative estimate of drug-likeness (QED) is 0.0724. The van der Waals surface area contributed by atoms with Crippen molar-refractivity contribution < 1.29 is 49.8 Å². The number of aromatic hydroxyl groups is 2. The molecule has 280 valence electrons. The van der Waals surface area contributed by atoms with Crippen LogP contribution in [0.1, 0.15) is 93.9 Å². The second kappa shape index (κ2) is 16.0. The van der Waals surface area contributed by atoms with E-state index in [1.54, 1.807) is 66.7 Å². The third-order valence-electron chi connectivity index (χ3n) is 9.27. The molecule has 6 N–H and O–H groups in total. The Hall–Kier alpha value is -6.56. The predicted octanol–water partition coefficient (Wildman–Crippen LogP) is 7.69. The third-order valence-corrected chi connectivity index (χ3v) is 9.27.